The molecule has 0 radical (unpaired) electrons. The average Bonchev–Trinajstić information content (AvgIpc) is 3.10. The number of benzene rings is 1. The molecule has 1 amide bonds. The minimum atomic E-state index is -0.237. The number of rotatable bonds is 3. The molecule has 2 aliphatic rings. The maximum absolute atomic E-state index is 15.0. The fourth-order valence-electron chi connectivity index (χ4n) is 4.66. The highest BCUT2D eigenvalue weighted by molar-refractivity contribution is 7.21. The Morgan fingerprint density at radius 1 is 1.29 bits per heavy atom. The van der Waals surface area contributed by atoms with Crippen LogP contribution >= 0.6 is 11.3 Å². The third-order valence-corrected chi connectivity index (χ3v) is 7.39. The molecule has 1 atom stereocenters. The van der Waals surface area contributed by atoms with Gasteiger partial charge in [-0.05, 0) is 68.7 Å². The number of thiophene rings is 1. The van der Waals surface area contributed by atoms with E-state index < -0.39 is 0 Å². The predicted molar refractivity (Wildman–Crippen MR) is 122 cm³/mol. The van der Waals surface area contributed by atoms with Crippen LogP contribution in [0.2, 0.25) is 0 Å². The van der Waals surface area contributed by atoms with Gasteiger partial charge < -0.3 is 16.0 Å². The van der Waals surface area contributed by atoms with Gasteiger partial charge in [0, 0.05) is 31.0 Å². The zero-order valence-electron chi connectivity index (χ0n) is 17.6. The Balaban J connectivity index is 1.33. The van der Waals surface area contributed by atoms with Crippen LogP contribution in [0.4, 0.5) is 15.8 Å². The molecule has 1 aliphatic heterocycles. The first kappa shape index (κ1) is 20.2. The number of fused-ring (bicyclic) bond motifs is 2. The van der Waals surface area contributed by atoms with E-state index in [4.69, 9.17) is 5.73 Å². The molecule has 0 unspecified atom stereocenters. The van der Waals surface area contributed by atoms with Crippen LogP contribution < -0.4 is 16.0 Å². The van der Waals surface area contributed by atoms with Crippen molar-refractivity contribution in [3.63, 3.8) is 0 Å². The van der Waals surface area contributed by atoms with Gasteiger partial charge >= 0.3 is 0 Å². The van der Waals surface area contributed by atoms with Crippen molar-refractivity contribution in [2.24, 2.45) is 0 Å². The number of hydrogen-bond acceptors (Lipinski definition) is 6. The topological polar surface area (TPSA) is 84.1 Å². The monoisotopic (exact) mass is 439 g/mol. The average molecular weight is 440 g/mol. The van der Waals surface area contributed by atoms with Gasteiger partial charge in [-0.3, -0.25) is 4.79 Å². The van der Waals surface area contributed by atoms with Gasteiger partial charge in [0.25, 0.3) is 5.91 Å². The van der Waals surface area contributed by atoms with Crippen LogP contribution in [0.25, 0.3) is 10.3 Å². The van der Waals surface area contributed by atoms with E-state index in [0.717, 1.165) is 61.3 Å². The number of aryl methyl sites for hydroxylation is 2. The highest BCUT2D eigenvalue weighted by Gasteiger charge is 2.27. The summed E-state index contributed by atoms with van der Waals surface area (Å²) in [5.41, 5.74) is 10.6. The summed E-state index contributed by atoms with van der Waals surface area (Å²) >= 11 is 1.25. The summed E-state index contributed by atoms with van der Waals surface area (Å²) in [6.07, 6.45) is 7.25. The van der Waals surface area contributed by atoms with Gasteiger partial charge in [-0.15, -0.1) is 11.3 Å². The molecular weight excluding hydrogens is 413 g/mol. The number of carbonyl (C=O) groups excluding carboxylic acids is 1. The van der Waals surface area contributed by atoms with Gasteiger partial charge in [-0.1, -0.05) is 0 Å². The summed E-state index contributed by atoms with van der Waals surface area (Å²) < 4.78 is 15.0. The first-order chi connectivity index (χ1) is 15.0. The Hall–Kier alpha value is -2.74. The molecule has 3 heterocycles. The largest absolute Gasteiger partial charge is 0.396 e. The molecule has 3 N–H and O–H groups in total. The van der Waals surface area contributed by atoms with Crippen molar-refractivity contribution in [2.75, 3.05) is 23.7 Å². The maximum atomic E-state index is 15.0. The second kappa shape index (κ2) is 8.07. The zero-order chi connectivity index (χ0) is 21.5. The number of hydrogen-bond donors (Lipinski definition) is 2. The van der Waals surface area contributed by atoms with E-state index in [-0.39, 0.29) is 17.8 Å². The van der Waals surface area contributed by atoms with Crippen LogP contribution in [0, 0.1) is 12.7 Å². The highest BCUT2D eigenvalue weighted by atomic mass is 32.1. The number of piperidine rings is 1. The van der Waals surface area contributed by atoms with Crippen molar-refractivity contribution in [3.8, 4) is 0 Å². The fourth-order valence-corrected chi connectivity index (χ4v) is 5.66. The minimum Gasteiger partial charge on any atom is -0.396 e. The maximum Gasteiger partial charge on any atom is 0.263 e. The number of nitrogen functional groups attached to an aromatic ring is 1. The lowest BCUT2D eigenvalue weighted by Gasteiger charge is -2.31. The molecule has 162 valence electrons. The van der Waals surface area contributed by atoms with Crippen molar-refractivity contribution >= 4 is 39.0 Å². The fraction of sp³-hybridized carbons (Fsp3) is 0.435. The van der Waals surface area contributed by atoms with Crippen molar-refractivity contribution in [3.05, 3.63) is 45.8 Å². The smallest absolute Gasteiger partial charge is 0.263 e. The van der Waals surface area contributed by atoms with Crippen LogP contribution in [-0.2, 0) is 12.8 Å². The van der Waals surface area contributed by atoms with Crippen molar-refractivity contribution in [1.29, 1.82) is 0 Å². The molecule has 6 nitrogen and oxygen atoms in total. The summed E-state index contributed by atoms with van der Waals surface area (Å²) in [6.45, 7) is 3.85. The second-order valence-corrected chi connectivity index (χ2v) is 9.54. The summed E-state index contributed by atoms with van der Waals surface area (Å²) in [4.78, 5) is 25.0. The van der Waals surface area contributed by atoms with Gasteiger partial charge in [0.05, 0.1) is 11.4 Å². The molecule has 0 bridgehead atoms. The normalized spacial score (nSPS) is 18.8. The van der Waals surface area contributed by atoms with E-state index in [1.165, 1.54) is 17.8 Å². The first-order valence-electron chi connectivity index (χ1n) is 10.9. The van der Waals surface area contributed by atoms with Crippen LogP contribution in [0.5, 0.6) is 0 Å². The quantitative estimate of drug-likeness (QED) is 0.644. The van der Waals surface area contributed by atoms with E-state index >= 15 is 0 Å². The molecule has 1 aliphatic carbocycles. The molecule has 3 aromatic rings. The van der Waals surface area contributed by atoms with Gasteiger partial charge in [-0.25, -0.2) is 14.4 Å². The van der Waals surface area contributed by atoms with E-state index in [9.17, 15) is 9.18 Å². The lowest BCUT2D eigenvalue weighted by molar-refractivity contribution is 0.0938. The summed E-state index contributed by atoms with van der Waals surface area (Å²) in [5, 5.41) is 3.06. The van der Waals surface area contributed by atoms with Crippen LogP contribution in [0.3, 0.4) is 0 Å². The lowest BCUT2D eigenvalue weighted by atomic mass is 9.87. The number of nitrogens with two attached hydrogens (primary N) is 1. The molecule has 0 spiro atoms. The SMILES string of the molecule is Cc1cnc2c(N)c(C(=O)N[C@H]3CCc4cc(N5CCCCC5)cc(F)c4C3)sc2n1. The Bertz CT molecular complexity index is 1150. The number of nitrogens with zero attached hydrogens (tertiary/aromatic N) is 3. The van der Waals surface area contributed by atoms with E-state index in [0.29, 0.717) is 27.3 Å². The number of halogens is 1. The zero-order valence-corrected chi connectivity index (χ0v) is 18.4. The minimum absolute atomic E-state index is 0.123. The number of amides is 1. The number of anilines is 2. The van der Waals surface area contributed by atoms with Crippen LogP contribution in [-0.4, -0.2) is 35.0 Å². The van der Waals surface area contributed by atoms with Crippen molar-refractivity contribution < 1.29 is 9.18 Å². The predicted octanol–water partition coefficient (Wildman–Crippen LogP) is 4.00. The lowest BCUT2D eigenvalue weighted by Crippen LogP contribution is -2.39. The molecule has 1 fully saturated rings. The summed E-state index contributed by atoms with van der Waals surface area (Å²) in [7, 11) is 0. The van der Waals surface area contributed by atoms with Crippen molar-refractivity contribution in [1.82, 2.24) is 15.3 Å². The summed E-state index contributed by atoms with van der Waals surface area (Å²) in [6, 6.07) is 3.69. The molecule has 5 rings (SSSR count). The second-order valence-electron chi connectivity index (χ2n) is 8.54. The first-order valence-corrected chi connectivity index (χ1v) is 11.7. The van der Waals surface area contributed by atoms with E-state index in [2.05, 4.69) is 26.3 Å². The van der Waals surface area contributed by atoms with Gasteiger partial charge in [0.2, 0.25) is 0 Å². The van der Waals surface area contributed by atoms with E-state index in [1.54, 1.807) is 12.3 Å². The third-order valence-electron chi connectivity index (χ3n) is 6.31. The molecule has 31 heavy (non-hydrogen) atoms. The Kier molecular flexibility index (Phi) is 5.25. The van der Waals surface area contributed by atoms with Gasteiger partial charge in [-0.2, -0.15) is 0 Å². The summed E-state index contributed by atoms with van der Waals surface area (Å²) in [5.74, 6) is -0.402. The Morgan fingerprint density at radius 2 is 2.10 bits per heavy atom. The molecule has 8 heteroatoms. The van der Waals surface area contributed by atoms with E-state index in [1.807, 2.05) is 6.92 Å². The third kappa shape index (κ3) is 3.84. The molecular formula is C23H26FN5OS. The standard InChI is InChI=1S/C23H26FN5OS/c1-13-12-26-20-19(25)21(31-23(20)27-13)22(30)28-15-6-5-14-9-16(11-18(24)17(14)10-15)29-7-3-2-4-8-29/h9,11-12,15H,2-8,10,25H2,1H3,(H,28,30)/t15-/m0/s1. The molecule has 2 aromatic heterocycles. The molecule has 1 aromatic carbocycles. The number of nitrogens with one attached hydrogen (secondary N) is 1. The van der Waals surface area contributed by atoms with Crippen LogP contribution in [0.1, 0.15) is 52.2 Å². The van der Waals surface area contributed by atoms with Gasteiger partial charge in [0.15, 0.2) is 0 Å². The Morgan fingerprint density at radius 3 is 2.90 bits per heavy atom. The molecule has 1 saturated heterocycles. The van der Waals surface area contributed by atoms with Gasteiger partial charge in [0.1, 0.15) is 21.0 Å². The number of carbonyl (C=O) groups is 1. The van der Waals surface area contributed by atoms with Crippen molar-refractivity contribution in [2.45, 2.75) is 51.5 Å². The van der Waals surface area contributed by atoms with Crippen LogP contribution in [0.15, 0.2) is 18.3 Å². The number of aromatic nitrogens is 2. The Labute approximate surface area is 184 Å². The highest BCUT2D eigenvalue weighted by Crippen LogP contribution is 2.33. The molecule has 0 saturated carbocycles.